The monoisotopic (exact) mass is 569 g/mol. The number of para-hydroxylation sites is 2. The molecule has 0 saturated carbocycles. The SMILES string of the molecule is COc1cc(N2CCN(C(=O)OC(C)(C)C)CC2)ccc1Nc1ncc(Br)c(Nc2ccccc2N)n1. The van der Waals surface area contributed by atoms with Crippen LogP contribution in [0.5, 0.6) is 5.75 Å². The lowest BCUT2D eigenvalue weighted by Gasteiger charge is -2.37. The van der Waals surface area contributed by atoms with Crippen LogP contribution < -0.4 is 26.0 Å². The van der Waals surface area contributed by atoms with Crippen molar-refractivity contribution in [3.63, 3.8) is 0 Å². The van der Waals surface area contributed by atoms with E-state index in [1.54, 1.807) is 18.2 Å². The number of anilines is 6. The Hall–Kier alpha value is -3.73. The van der Waals surface area contributed by atoms with E-state index in [1.165, 1.54) is 0 Å². The number of piperazine rings is 1. The zero-order valence-electron chi connectivity index (χ0n) is 21.4. The van der Waals surface area contributed by atoms with Gasteiger partial charge in [-0.15, -0.1) is 0 Å². The van der Waals surface area contributed by atoms with E-state index in [4.69, 9.17) is 15.2 Å². The molecule has 37 heavy (non-hydrogen) atoms. The second-order valence-corrected chi connectivity index (χ2v) is 10.4. The van der Waals surface area contributed by atoms with Gasteiger partial charge >= 0.3 is 6.09 Å². The molecule has 0 unspecified atom stereocenters. The summed E-state index contributed by atoms with van der Waals surface area (Å²) in [6.45, 7) is 8.19. The van der Waals surface area contributed by atoms with Gasteiger partial charge in [0.05, 0.1) is 28.6 Å². The third-order valence-corrected chi connectivity index (χ3v) is 6.27. The first-order chi connectivity index (χ1) is 17.6. The van der Waals surface area contributed by atoms with Crippen LogP contribution in [-0.4, -0.2) is 59.9 Å². The predicted octanol–water partition coefficient (Wildman–Crippen LogP) is 5.37. The first kappa shape index (κ1) is 26.3. The highest BCUT2D eigenvalue weighted by molar-refractivity contribution is 9.10. The van der Waals surface area contributed by atoms with Gasteiger partial charge in [0.25, 0.3) is 0 Å². The molecule has 1 aliphatic rings. The van der Waals surface area contributed by atoms with Crippen molar-refractivity contribution in [3.05, 3.63) is 53.1 Å². The summed E-state index contributed by atoms with van der Waals surface area (Å²) in [6.07, 6.45) is 1.39. The van der Waals surface area contributed by atoms with Gasteiger partial charge in [-0.05, 0) is 61.0 Å². The molecule has 1 aromatic heterocycles. The molecule has 0 bridgehead atoms. The lowest BCUT2D eigenvalue weighted by Crippen LogP contribution is -2.50. The van der Waals surface area contributed by atoms with E-state index in [2.05, 4.69) is 41.4 Å². The third-order valence-electron chi connectivity index (χ3n) is 5.69. The molecular weight excluding hydrogens is 538 g/mol. The minimum Gasteiger partial charge on any atom is -0.494 e. The van der Waals surface area contributed by atoms with Gasteiger partial charge < -0.3 is 35.6 Å². The summed E-state index contributed by atoms with van der Waals surface area (Å²) < 4.78 is 11.9. The van der Waals surface area contributed by atoms with Crippen LogP contribution in [0, 0.1) is 0 Å². The number of methoxy groups -OCH3 is 1. The van der Waals surface area contributed by atoms with Crippen LogP contribution in [0.2, 0.25) is 0 Å². The topological polar surface area (TPSA) is 118 Å². The number of nitrogen functional groups attached to an aromatic ring is 1. The molecule has 4 N–H and O–H groups in total. The Kier molecular flexibility index (Phi) is 7.91. The molecule has 0 atom stereocenters. The molecule has 3 aromatic rings. The van der Waals surface area contributed by atoms with Crippen molar-refractivity contribution in [1.29, 1.82) is 0 Å². The van der Waals surface area contributed by atoms with E-state index in [9.17, 15) is 4.79 Å². The van der Waals surface area contributed by atoms with Gasteiger partial charge in [-0.25, -0.2) is 9.78 Å². The van der Waals surface area contributed by atoms with E-state index >= 15 is 0 Å². The van der Waals surface area contributed by atoms with Crippen LogP contribution >= 0.6 is 15.9 Å². The zero-order chi connectivity index (χ0) is 26.6. The molecular formula is C26H32BrN7O3. The Morgan fingerprint density at radius 2 is 1.78 bits per heavy atom. The van der Waals surface area contributed by atoms with Crippen LogP contribution in [0.25, 0.3) is 0 Å². The van der Waals surface area contributed by atoms with Crippen molar-refractivity contribution in [1.82, 2.24) is 14.9 Å². The lowest BCUT2D eigenvalue weighted by atomic mass is 10.2. The van der Waals surface area contributed by atoms with Crippen LogP contribution in [0.1, 0.15) is 20.8 Å². The second kappa shape index (κ2) is 11.1. The van der Waals surface area contributed by atoms with Gasteiger partial charge in [0.2, 0.25) is 5.95 Å². The highest BCUT2D eigenvalue weighted by Gasteiger charge is 2.26. The van der Waals surface area contributed by atoms with Crippen molar-refractivity contribution in [2.75, 3.05) is 54.6 Å². The average Bonchev–Trinajstić information content (AvgIpc) is 2.86. The maximum absolute atomic E-state index is 12.4. The first-order valence-corrected chi connectivity index (χ1v) is 12.7. The van der Waals surface area contributed by atoms with E-state index in [-0.39, 0.29) is 6.09 Å². The maximum Gasteiger partial charge on any atom is 0.410 e. The number of benzene rings is 2. The molecule has 0 spiro atoms. The summed E-state index contributed by atoms with van der Waals surface area (Å²) in [5, 5.41) is 6.47. The number of nitrogens with two attached hydrogens (primary N) is 1. The number of nitrogens with zero attached hydrogens (tertiary/aromatic N) is 4. The Morgan fingerprint density at radius 1 is 1.05 bits per heavy atom. The van der Waals surface area contributed by atoms with Crippen LogP contribution in [-0.2, 0) is 4.74 Å². The fourth-order valence-electron chi connectivity index (χ4n) is 3.83. The maximum atomic E-state index is 12.4. The van der Waals surface area contributed by atoms with Gasteiger partial charge in [0.1, 0.15) is 17.2 Å². The van der Waals surface area contributed by atoms with Crippen molar-refractivity contribution in [3.8, 4) is 5.75 Å². The predicted molar refractivity (Wildman–Crippen MR) is 150 cm³/mol. The number of rotatable bonds is 6. The van der Waals surface area contributed by atoms with E-state index in [1.807, 2.05) is 63.2 Å². The number of hydrogen-bond acceptors (Lipinski definition) is 9. The molecule has 0 radical (unpaired) electrons. The molecule has 10 nitrogen and oxygen atoms in total. The number of nitrogens with one attached hydrogen (secondary N) is 2. The van der Waals surface area contributed by atoms with Gasteiger partial charge in [-0.1, -0.05) is 12.1 Å². The molecule has 1 saturated heterocycles. The molecule has 2 heterocycles. The average molecular weight is 570 g/mol. The highest BCUT2D eigenvalue weighted by Crippen LogP contribution is 2.33. The smallest absolute Gasteiger partial charge is 0.410 e. The molecule has 2 aromatic carbocycles. The highest BCUT2D eigenvalue weighted by atomic mass is 79.9. The summed E-state index contributed by atoms with van der Waals surface area (Å²) in [6, 6.07) is 13.4. The minimum absolute atomic E-state index is 0.275. The van der Waals surface area contributed by atoms with Gasteiger partial charge in [-0.3, -0.25) is 0 Å². The largest absolute Gasteiger partial charge is 0.494 e. The van der Waals surface area contributed by atoms with Crippen molar-refractivity contribution in [2.24, 2.45) is 0 Å². The number of aromatic nitrogens is 2. The van der Waals surface area contributed by atoms with Gasteiger partial charge in [0.15, 0.2) is 0 Å². The van der Waals surface area contributed by atoms with Crippen LogP contribution in [0.15, 0.2) is 53.1 Å². The Balaban J connectivity index is 1.44. The Labute approximate surface area is 225 Å². The lowest BCUT2D eigenvalue weighted by molar-refractivity contribution is 0.0240. The quantitative estimate of drug-likeness (QED) is 0.336. The number of ether oxygens (including phenoxy) is 2. The molecule has 1 fully saturated rings. The number of amides is 1. The zero-order valence-corrected chi connectivity index (χ0v) is 23.0. The number of hydrogen-bond donors (Lipinski definition) is 3. The number of halogens is 1. The molecule has 1 amide bonds. The molecule has 196 valence electrons. The Morgan fingerprint density at radius 3 is 2.46 bits per heavy atom. The van der Waals surface area contributed by atoms with E-state index in [0.29, 0.717) is 53.9 Å². The number of carbonyl (C=O) groups excluding carboxylic acids is 1. The first-order valence-electron chi connectivity index (χ1n) is 11.9. The Bertz CT molecular complexity index is 1260. The molecule has 4 rings (SSSR count). The number of carbonyl (C=O) groups is 1. The van der Waals surface area contributed by atoms with Crippen molar-refractivity contribution in [2.45, 2.75) is 26.4 Å². The van der Waals surface area contributed by atoms with Crippen LogP contribution in [0.3, 0.4) is 0 Å². The molecule has 11 heteroatoms. The van der Waals surface area contributed by atoms with Crippen LogP contribution in [0.4, 0.5) is 39.3 Å². The van der Waals surface area contributed by atoms with Gasteiger partial charge in [-0.2, -0.15) is 4.98 Å². The molecule has 1 aliphatic heterocycles. The third kappa shape index (κ3) is 6.73. The molecule has 0 aliphatic carbocycles. The van der Waals surface area contributed by atoms with E-state index in [0.717, 1.165) is 17.1 Å². The fraction of sp³-hybridized carbons (Fsp3) is 0.346. The minimum atomic E-state index is -0.505. The summed E-state index contributed by atoms with van der Waals surface area (Å²) in [5.41, 5.74) is 8.65. The summed E-state index contributed by atoms with van der Waals surface area (Å²) in [4.78, 5) is 25.3. The summed E-state index contributed by atoms with van der Waals surface area (Å²) in [5.74, 6) is 1.63. The van der Waals surface area contributed by atoms with Crippen molar-refractivity contribution >= 4 is 56.5 Å². The normalized spacial score (nSPS) is 13.8. The van der Waals surface area contributed by atoms with Gasteiger partial charge in [0, 0.05) is 44.1 Å². The summed E-state index contributed by atoms with van der Waals surface area (Å²) in [7, 11) is 1.62. The van der Waals surface area contributed by atoms with Crippen molar-refractivity contribution < 1.29 is 14.3 Å². The standard InChI is InChI=1S/C26H32BrN7O3/c1-26(2,3)37-25(35)34-13-11-33(12-14-34)17-9-10-21(22(15-17)36-4)31-24-29-16-18(27)23(32-24)30-20-8-6-5-7-19(20)28/h5-10,15-16H,11-14,28H2,1-4H3,(H2,29,30,31,32). The second-order valence-electron chi connectivity index (χ2n) is 9.57. The fourth-order valence-corrected chi connectivity index (χ4v) is 4.12. The van der Waals surface area contributed by atoms with E-state index < -0.39 is 5.60 Å². The summed E-state index contributed by atoms with van der Waals surface area (Å²) >= 11 is 3.49.